The Kier molecular flexibility index (Phi) is 6.52. The molecule has 0 spiro atoms. The van der Waals surface area contributed by atoms with Gasteiger partial charge in [-0.15, -0.1) is 0 Å². The van der Waals surface area contributed by atoms with Crippen LogP contribution in [0.5, 0.6) is 0 Å². The molecule has 17 heavy (non-hydrogen) atoms. The highest BCUT2D eigenvalue weighted by molar-refractivity contribution is 5.78. The lowest BCUT2D eigenvalue weighted by molar-refractivity contribution is -0.136. The number of alkyl halides is 3. The van der Waals surface area contributed by atoms with Gasteiger partial charge in [-0.3, -0.25) is 4.79 Å². The Balaban J connectivity index is 4.16. The number of carbonyl (C=O) groups is 1. The van der Waals surface area contributed by atoms with E-state index < -0.39 is 12.7 Å². The first-order valence-electron chi connectivity index (χ1n) is 5.70. The number of rotatable bonds is 6. The van der Waals surface area contributed by atoms with E-state index in [9.17, 15) is 18.0 Å². The minimum absolute atomic E-state index is 0.00223. The van der Waals surface area contributed by atoms with Crippen LogP contribution in [0.15, 0.2) is 0 Å². The van der Waals surface area contributed by atoms with E-state index in [0.29, 0.717) is 12.5 Å². The minimum atomic E-state index is -4.28. The maximum absolute atomic E-state index is 11.9. The van der Waals surface area contributed by atoms with Crippen molar-refractivity contribution in [1.82, 2.24) is 10.2 Å². The van der Waals surface area contributed by atoms with Gasteiger partial charge in [0.15, 0.2) is 0 Å². The zero-order chi connectivity index (χ0) is 13.6. The van der Waals surface area contributed by atoms with Gasteiger partial charge in [-0.25, -0.2) is 0 Å². The van der Waals surface area contributed by atoms with Crippen molar-refractivity contribution in [2.75, 3.05) is 19.6 Å². The number of halogens is 3. The lowest BCUT2D eigenvalue weighted by Gasteiger charge is -2.28. The molecule has 0 saturated carbocycles. The highest BCUT2D eigenvalue weighted by atomic mass is 19.4. The molecular formula is C11H21F3N2O. The molecule has 0 aliphatic carbocycles. The molecule has 0 unspecified atom stereocenters. The highest BCUT2D eigenvalue weighted by Crippen LogP contribution is 2.12. The van der Waals surface area contributed by atoms with Gasteiger partial charge >= 0.3 is 6.18 Å². The lowest BCUT2D eigenvalue weighted by Crippen LogP contribution is -2.45. The van der Waals surface area contributed by atoms with Gasteiger partial charge in [0.2, 0.25) is 5.91 Å². The summed E-state index contributed by atoms with van der Waals surface area (Å²) in [6.07, 6.45) is -4.28. The topological polar surface area (TPSA) is 32.3 Å². The largest absolute Gasteiger partial charge is 0.401 e. The van der Waals surface area contributed by atoms with Gasteiger partial charge in [0.05, 0.1) is 13.1 Å². The molecule has 1 amide bonds. The zero-order valence-electron chi connectivity index (χ0n) is 10.8. The normalized spacial score (nSPS) is 12.3. The number of amides is 1. The van der Waals surface area contributed by atoms with E-state index in [1.54, 1.807) is 4.90 Å². The third-order valence-electron chi connectivity index (χ3n) is 2.11. The monoisotopic (exact) mass is 254 g/mol. The molecule has 3 nitrogen and oxygen atoms in total. The SMILES string of the molecule is CC(C)CN(C(=O)CNCC(F)(F)F)C(C)C. The smallest absolute Gasteiger partial charge is 0.339 e. The van der Waals surface area contributed by atoms with E-state index in [1.165, 1.54) is 0 Å². The maximum Gasteiger partial charge on any atom is 0.401 e. The number of carbonyl (C=O) groups excluding carboxylic acids is 1. The van der Waals surface area contributed by atoms with Crippen molar-refractivity contribution in [3.05, 3.63) is 0 Å². The van der Waals surface area contributed by atoms with Crippen molar-refractivity contribution >= 4 is 5.91 Å². The molecule has 0 aromatic rings. The van der Waals surface area contributed by atoms with E-state index in [2.05, 4.69) is 5.32 Å². The maximum atomic E-state index is 11.9. The van der Waals surface area contributed by atoms with Crippen LogP contribution in [0, 0.1) is 5.92 Å². The van der Waals surface area contributed by atoms with Crippen LogP contribution in [0.25, 0.3) is 0 Å². The Labute approximate surface area is 100 Å². The van der Waals surface area contributed by atoms with Crippen molar-refractivity contribution in [2.45, 2.75) is 39.9 Å². The number of hydrogen-bond acceptors (Lipinski definition) is 2. The Bertz CT molecular complexity index is 239. The number of hydrogen-bond donors (Lipinski definition) is 1. The molecule has 0 rings (SSSR count). The summed E-state index contributed by atoms with van der Waals surface area (Å²) in [6.45, 7) is 6.78. The molecule has 0 aromatic heterocycles. The van der Waals surface area contributed by atoms with E-state index in [4.69, 9.17) is 0 Å². The van der Waals surface area contributed by atoms with Gasteiger partial charge in [0.25, 0.3) is 0 Å². The van der Waals surface area contributed by atoms with Gasteiger partial charge < -0.3 is 10.2 Å². The molecule has 0 aromatic carbocycles. The fourth-order valence-corrected chi connectivity index (χ4v) is 1.41. The molecule has 6 heteroatoms. The van der Waals surface area contributed by atoms with E-state index in [0.717, 1.165) is 0 Å². The quantitative estimate of drug-likeness (QED) is 0.786. The van der Waals surface area contributed by atoms with Gasteiger partial charge in [-0.2, -0.15) is 13.2 Å². The van der Waals surface area contributed by atoms with Crippen LogP contribution in [0.1, 0.15) is 27.7 Å². The summed E-state index contributed by atoms with van der Waals surface area (Å²) in [5.41, 5.74) is 0. The fraction of sp³-hybridized carbons (Fsp3) is 0.909. The van der Waals surface area contributed by atoms with Crippen molar-refractivity contribution in [3.63, 3.8) is 0 Å². The molecule has 0 atom stereocenters. The second-order valence-corrected chi connectivity index (χ2v) is 4.75. The van der Waals surface area contributed by atoms with Gasteiger partial charge in [0.1, 0.15) is 0 Å². The number of nitrogens with one attached hydrogen (secondary N) is 1. The third kappa shape index (κ3) is 8.01. The first-order chi connectivity index (χ1) is 7.63. The summed E-state index contributed by atoms with van der Waals surface area (Å²) in [5.74, 6) is 0.00177. The van der Waals surface area contributed by atoms with Crippen molar-refractivity contribution in [1.29, 1.82) is 0 Å². The average molecular weight is 254 g/mol. The molecule has 1 N–H and O–H groups in total. The molecule has 0 aliphatic heterocycles. The lowest BCUT2D eigenvalue weighted by atomic mass is 10.2. The molecule has 102 valence electrons. The van der Waals surface area contributed by atoms with E-state index in [1.807, 2.05) is 27.7 Å². The first kappa shape index (κ1) is 16.2. The summed E-state index contributed by atoms with van der Waals surface area (Å²) in [5, 5.41) is 2.12. The standard InChI is InChI=1S/C11H21F3N2O/c1-8(2)6-16(9(3)4)10(17)5-15-7-11(12,13)14/h8-9,15H,5-7H2,1-4H3. The van der Waals surface area contributed by atoms with Crippen LogP contribution >= 0.6 is 0 Å². The van der Waals surface area contributed by atoms with Crippen molar-refractivity contribution in [2.24, 2.45) is 5.92 Å². The summed E-state index contributed by atoms with van der Waals surface area (Å²) in [4.78, 5) is 13.3. The second-order valence-electron chi connectivity index (χ2n) is 4.75. The summed E-state index contributed by atoms with van der Waals surface area (Å²) >= 11 is 0. The summed E-state index contributed by atoms with van der Waals surface area (Å²) < 4.78 is 35.7. The van der Waals surface area contributed by atoms with Crippen LogP contribution in [-0.2, 0) is 4.79 Å². The second kappa shape index (κ2) is 6.83. The van der Waals surface area contributed by atoms with Crippen LogP contribution < -0.4 is 5.32 Å². The van der Waals surface area contributed by atoms with Gasteiger partial charge in [-0.05, 0) is 19.8 Å². The molecule has 0 bridgehead atoms. The fourth-order valence-electron chi connectivity index (χ4n) is 1.41. The molecule has 0 aliphatic rings. The van der Waals surface area contributed by atoms with Crippen LogP contribution in [-0.4, -0.2) is 42.7 Å². The molecule has 0 radical (unpaired) electrons. The van der Waals surface area contributed by atoms with E-state index in [-0.39, 0.29) is 18.5 Å². The van der Waals surface area contributed by atoms with Crippen molar-refractivity contribution in [3.8, 4) is 0 Å². The summed E-state index contributed by atoms with van der Waals surface area (Å²) in [7, 11) is 0. The molecular weight excluding hydrogens is 233 g/mol. The van der Waals surface area contributed by atoms with Gasteiger partial charge in [-0.1, -0.05) is 13.8 Å². The average Bonchev–Trinajstić information content (AvgIpc) is 2.11. The predicted octanol–water partition coefficient (Wildman–Crippen LogP) is 2.03. The Morgan fingerprint density at radius 3 is 2.12 bits per heavy atom. The highest BCUT2D eigenvalue weighted by Gasteiger charge is 2.27. The number of nitrogens with zero attached hydrogens (tertiary/aromatic N) is 1. The third-order valence-corrected chi connectivity index (χ3v) is 2.11. The van der Waals surface area contributed by atoms with Gasteiger partial charge in [0, 0.05) is 12.6 Å². The Morgan fingerprint density at radius 1 is 1.24 bits per heavy atom. The molecule has 0 saturated heterocycles. The minimum Gasteiger partial charge on any atom is -0.339 e. The summed E-state index contributed by atoms with van der Waals surface area (Å²) in [6, 6.07) is -0.00223. The molecule has 0 heterocycles. The zero-order valence-corrected chi connectivity index (χ0v) is 10.8. The Hall–Kier alpha value is -0.780. The van der Waals surface area contributed by atoms with Crippen molar-refractivity contribution < 1.29 is 18.0 Å². The van der Waals surface area contributed by atoms with E-state index >= 15 is 0 Å². The molecule has 0 fully saturated rings. The predicted molar refractivity (Wildman–Crippen MR) is 60.6 cm³/mol. The Morgan fingerprint density at radius 2 is 1.76 bits per heavy atom. The first-order valence-corrected chi connectivity index (χ1v) is 5.70. The van der Waals surface area contributed by atoms with Crippen LogP contribution in [0.2, 0.25) is 0 Å². The van der Waals surface area contributed by atoms with Crippen LogP contribution in [0.4, 0.5) is 13.2 Å². The van der Waals surface area contributed by atoms with Crippen LogP contribution in [0.3, 0.4) is 0 Å².